The van der Waals surface area contributed by atoms with Crippen molar-refractivity contribution in [2.75, 3.05) is 12.0 Å². The van der Waals surface area contributed by atoms with Gasteiger partial charge in [-0.15, -0.1) is 0 Å². The fraction of sp³-hybridized carbons (Fsp3) is 0.121. The van der Waals surface area contributed by atoms with Gasteiger partial charge in [-0.2, -0.15) is 0 Å². The lowest BCUT2D eigenvalue weighted by Gasteiger charge is -2.29. The minimum absolute atomic E-state index is 0.245. The van der Waals surface area contributed by atoms with Gasteiger partial charge in [-0.3, -0.25) is 4.98 Å². The molecule has 0 amide bonds. The fourth-order valence-electron chi connectivity index (χ4n) is 5.23. The van der Waals surface area contributed by atoms with E-state index in [-0.39, 0.29) is 12.1 Å². The van der Waals surface area contributed by atoms with Gasteiger partial charge in [0.15, 0.2) is 5.11 Å². The van der Waals surface area contributed by atoms with Crippen LogP contribution < -0.4 is 15.0 Å². The van der Waals surface area contributed by atoms with E-state index in [0.29, 0.717) is 10.7 Å². The summed E-state index contributed by atoms with van der Waals surface area (Å²) in [5.74, 6) is 1.14. The molecular formula is C33H28N4O3S. The van der Waals surface area contributed by atoms with Crippen molar-refractivity contribution < 1.29 is 14.3 Å². The smallest absolute Gasteiger partial charge is 0.339 e. The van der Waals surface area contributed by atoms with Crippen LogP contribution in [0, 0.1) is 6.92 Å². The number of carbonyl (C=O) groups excluding carboxylic acids is 1. The Morgan fingerprint density at radius 2 is 1.66 bits per heavy atom. The van der Waals surface area contributed by atoms with Crippen LogP contribution in [0.25, 0.3) is 5.69 Å². The summed E-state index contributed by atoms with van der Waals surface area (Å²) in [6.07, 6.45) is 3.73. The third kappa shape index (κ3) is 5.05. The summed E-state index contributed by atoms with van der Waals surface area (Å²) in [5, 5.41) is 4.08. The Balaban J connectivity index is 1.43. The monoisotopic (exact) mass is 560 g/mol. The van der Waals surface area contributed by atoms with E-state index < -0.39 is 5.97 Å². The molecule has 3 heterocycles. The number of carbonyl (C=O) groups is 1. The molecule has 0 aliphatic carbocycles. The van der Waals surface area contributed by atoms with Crippen molar-refractivity contribution in [1.82, 2.24) is 14.9 Å². The van der Waals surface area contributed by atoms with Crippen LogP contribution in [0.5, 0.6) is 11.5 Å². The zero-order valence-electron chi connectivity index (χ0n) is 22.6. The summed E-state index contributed by atoms with van der Waals surface area (Å²) < 4.78 is 13.2. The second-order valence-electron chi connectivity index (χ2n) is 9.67. The normalized spacial score (nSPS) is 16.3. The van der Waals surface area contributed by atoms with Gasteiger partial charge in [-0.05, 0) is 91.4 Å². The van der Waals surface area contributed by atoms with Crippen LogP contribution in [0.4, 0.5) is 5.69 Å². The summed E-state index contributed by atoms with van der Waals surface area (Å²) in [6.45, 7) is 2.02. The molecule has 8 heteroatoms. The molecule has 1 aliphatic heterocycles. The van der Waals surface area contributed by atoms with E-state index >= 15 is 0 Å². The van der Waals surface area contributed by atoms with Gasteiger partial charge in [0.25, 0.3) is 0 Å². The van der Waals surface area contributed by atoms with Crippen LogP contribution in [-0.2, 0) is 4.74 Å². The number of rotatable bonds is 7. The Morgan fingerprint density at radius 1 is 0.902 bits per heavy atom. The third-order valence-corrected chi connectivity index (χ3v) is 7.50. The van der Waals surface area contributed by atoms with Crippen LogP contribution in [-0.4, -0.2) is 27.7 Å². The van der Waals surface area contributed by atoms with Gasteiger partial charge >= 0.3 is 5.97 Å². The number of anilines is 1. The van der Waals surface area contributed by atoms with Crippen LogP contribution in [0.1, 0.15) is 39.4 Å². The molecule has 6 rings (SSSR count). The molecule has 41 heavy (non-hydrogen) atoms. The van der Waals surface area contributed by atoms with Gasteiger partial charge in [-0.1, -0.05) is 36.4 Å². The molecule has 0 radical (unpaired) electrons. The summed E-state index contributed by atoms with van der Waals surface area (Å²) >= 11 is 5.92. The maximum Gasteiger partial charge on any atom is 0.339 e. The summed E-state index contributed by atoms with van der Waals surface area (Å²) in [6, 6.07) is 32.6. The summed E-state index contributed by atoms with van der Waals surface area (Å²) in [7, 11) is 1.39. The molecule has 1 aliphatic rings. The maximum absolute atomic E-state index is 12.7. The number of ether oxygens (including phenoxy) is 2. The van der Waals surface area contributed by atoms with Gasteiger partial charge in [-0.25, -0.2) is 4.79 Å². The molecule has 0 bridgehead atoms. The van der Waals surface area contributed by atoms with Crippen molar-refractivity contribution in [3.8, 4) is 17.2 Å². The van der Waals surface area contributed by atoms with Crippen molar-refractivity contribution in [3.63, 3.8) is 0 Å². The molecule has 2 atom stereocenters. The number of methoxy groups -OCH3 is 1. The predicted molar refractivity (Wildman–Crippen MR) is 163 cm³/mol. The van der Waals surface area contributed by atoms with Crippen molar-refractivity contribution >= 4 is 29.0 Å². The molecule has 2 aromatic heterocycles. The Kier molecular flexibility index (Phi) is 7.22. The van der Waals surface area contributed by atoms with Crippen LogP contribution >= 0.6 is 12.2 Å². The van der Waals surface area contributed by atoms with Crippen molar-refractivity contribution in [1.29, 1.82) is 0 Å². The zero-order chi connectivity index (χ0) is 28.3. The van der Waals surface area contributed by atoms with E-state index in [2.05, 4.69) is 15.2 Å². The first-order valence-corrected chi connectivity index (χ1v) is 13.6. The summed E-state index contributed by atoms with van der Waals surface area (Å²) in [4.78, 5) is 19.4. The molecule has 1 fully saturated rings. The van der Waals surface area contributed by atoms with E-state index in [1.165, 1.54) is 7.11 Å². The van der Waals surface area contributed by atoms with Gasteiger partial charge < -0.3 is 24.3 Å². The number of nitrogens with one attached hydrogen (secondary N) is 1. The number of thiocarbonyl (C=S) groups is 1. The Labute approximate surface area is 244 Å². The highest BCUT2D eigenvalue weighted by Crippen LogP contribution is 2.43. The lowest BCUT2D eigenvalue weighted by atomic mass is 10.0. The third-order valence-electron chi connectivity index (χ3n) is 7.19. The highest BCUT2D eigenvalue weighted by Gasteiger charge is 2.42. The van der Waals surface area contributed by atoms with Crippen molar-refractivity contribution in [3.05, 3.63) is 138 Å². The lowest BCUT2D eigenvalue weighted by molar-refractivity contribution is 0.0600. The number of esters is 1. The van der Waals surface area contributed by atoms with E-state index in [0.717, 1.165) is 39.8 Å². The maximum atomic E-state index is 12.7. The molecule has 1 N–H and O–H groups in total. The average molecular weight is 561 g/mol. The highest BCUT2D eigenvalue weighted by atomic mass is 32.1. The fourth-order valence-corrected chi connectivity index (χ4v) is 5.57. The molecule has 3 aromatic carbocycles. The number of benzene rings is 3. The van der Waals surface area contributed by atoms with Gasteiger partial charge in [0.1, 0.15) is 17.5 Å². The van der Waals surface area contributed by atoms with Gasteiger partial charge in [0.2, 0.25) is 0 Å². The Hall–Kier alpha value is -4.95. The first-order valence-electron chi connectivity index (χ1n) is 13.2. The number of nitrogens with zero attached hydrogens (tertiary/aromatic N) is 3. The van der Waals surface area contributed by atoms with E-state index in [1.54, 1.807) is 12.3 Å². The van der Waals surface area contributed by atoms with Crippen LogP contribution in [0.15, 0.2) is 116 Å². The molecule has 5 aromatic rings. The van der Waals surface area contributed by atoms with Crippen molar-refractivity contribution in [2.45, 2.75) is 19.0 Å². The molecule has 0 unspecified atom stereocenters. The second-order valence-corrected chi connectivity index (χ2v) is 10.1. The molecule has 1 saturated heterocycles. The molecule has 7 nitrogen and oxygen atoms in total. The lowest BCUT2D eigenvalue weighted by Crippen LogP contribution is -2.30. The van der Waals surface area contributed by atoms with E-state index in [9.17, 15) is 4.79 Å². The molecular weight excluding hydrogens is 532 g/mol. The standard InChI is InChI=1S/C33H28N4O3S/c1-22-10-3-6-15-29(22)40-24-18-16-23(17-19-24)37-31(30(35-33(37)41)26-12-7-8-20-34-26)28-14-9-21-36(28)27-13-5-4-11-25(27)32(38)39-2/h3-21,30-31H,1-2H3,(H,35,41)/t30-,31-/m1/s1. The number of aromatic nitrogens is 2. The Bertz CT molecular complexity index is 1700. The first-order chi connectivity index (χ1) is 20.0. The van der Waals surface area contributed by atoms with Crippen LogP contribution in [0.3, 0.4) is 0 Å². The number of aryl methyl sites for hydroxylation is 1. The average Bonchev–Trinajstić information content (AvgIpc) is 3.63. The largest absolute Gasteiger partial charge is 0.465 e. The predicted octanol–water partition coefficient (Wildman–Crippen LogP) is 6.94. The van der Waals surface area contributed by atoms with Crippen molar-refractivity contribution in [2.24, 2.45) is 0 Å². The molecule has 204 valence electrons. The Morgan fingerprint density at radius 3 is 2.41 bits per heavy atom. The zero-order valence-corrected chi connectivity index (χ0v) is 23.4. The molecule has 0 saturated carbocycles. The number of hydrogen-bond acceptors (Lipinski definition) is 5. The second kappa shape index (κ2) is 11.3. The number of pyridine rings is 1. The minimum atomic E-state index is -0.400. The number of para-hydroxylation sites is 2. The first kappa shape index (κ1) is 26.3. The topological polar surface area (TPSA) is 68.6 Å². The summed E-state index contributed by atoms with van der Waals surface area (Å²) in [5.41, 5.74) is 4.95. The van der Waals surface area contributed by atoms with Gasteiger partial charge in [0, 0.05) is 23.8 Å². The van der Waals surface area contributed by atoms with Crippen LogP contribution in [0.2, 0.25) is 0 Å². The SMILES string of the molecule is COC(=O)c1ccccc1-n1cccc1[C@@H]1[C@@H](c2ccccn2)NC(=S)N1c1ccc(Oc2ccccc2C)cc1. The van der Waals surface area contributed by atoms with Gasteiger partial charge in [0.05, 0.1) is 30.1 Å². The van der Waals surface area contributed by atoms with E-state index in [1.807, 2.05) is 115 Å². The molecule has 0 spiro atoms. The quantitative estimate of drug-likeness (QED) is 0.171. The number of hydrogen-bond donors (Lipinski definition) is 1. The highest BCUT2D eigenvalue weighted by molar-refractivity contribution is 7.80. The minimum Gasteiger partial charge on any atom is -0.465 e. The van der Waals surface area contributed by atoms with E-state index in [4.69, 9.17) is 21.7 Å².